The fourth-order valence-electron chi connectivity index (χ4n) is 3.36. The minimum Gasteiger partial charge on any atom is -0.342 e. The summed E-state index contributed by atoms with van der Waals surface area (Å²) in [6.07, 6.45) is 0.897. The predicted molar refractivity (Wildman–Crippen MR) is 95.6 cm³/mol. The van der Waals surface area contributed by atoms with Gasteiger partial charge in [0.25, 0.3) is 0 Å². The second-order valence-electron chi connectivity index (χ2n) is 6.22. The van der Waals surface area contributed by atoms with Gasteiger partial charge in [0, 0.05) is 46.2 Å². The molecule has 1 aliphatic rings. The van der Waals surface area contributed by atoms with Gasteiger partial charge in [-0.3, -0.25) is 14.5 Å². The molecule has 1 aromatic rings. The second kappa shape index (κ2) is 8.83. The van der Waals surface area contributed by atoms with Gasteiger partial charge in [-0.1, -0.05) is 30.3 Å². The highest BCUT2D eigenvalue weighted by Crippen LogP contribution is 2.24. The quantitative estimate of drug-likeness (QED) is 0.830. The summed E-state index contributed by atoms with van der Waals surface area (Å²) in [6, 6.07) is 9.73. The van der Waals surface area contributed by atoms with E-state index in [1.54, 1.807) is 6.92 Å². The molecule has 1 unspecified atom stereocenters. The lowest BCUT2D eigenvalue weighted by molar-refractivity contribution is -0.137. The van der Waals surface area contributed by atoms with Crippen LogP contribution in [0, 0.1) is 0 Å². The Kier molecular flexibility index (Phi) is 6.79. The normalized spacial score (nSPS) is 17.2. The van der Waals surface area contributed by atoms with Crippen LogP contribution in [0.3, 0.4) is 0 Å². The Labute approximate surface area is 145 Å². The Morgan fingerprint density at radius 1 is 1.04 bits per heavy atom. The number of rotatable bonds is 5. The molecule has 0 aromatic heterocycles. The molecule has 5 nitrogen and oxygen atoms in total. The topological polar surface area (TPSA) is 43.9 Å². The van der Waals surface area contributed by atoms with Crippen LogP contribution in [-0.2, 0) is 9.59 Å². The molecule has 0 bridgehead atoms. The van der Waals surface area contributed by atoms with Crippen molar-refractivity contribution in [3.05, 3.63) is 35.9 Å². The standard InChI is InChI=1S/C19H29N3O2/c1-4-20(5-2)19(24)18(17-10-7-6-8-11-17)22-13-9-12-21(14-15-22)16(3)23/h6-8,10-11,18H,4-5,9,12-15H2,1-3H3. The summed E-state index contributed by atoms with van der Waals surface area (Å²) in [6.45, 7) is 10.1. The molecule has 1 heterocycles. The maximum Gasteiger partial charge on any atom is 0.244 e. The SMILES string of the molecule is CCN(CC)C(=O)C(c1ccccc1)N1CCCN(C(C)=O)CC1. The third-order valence-corrected chi connectivity index (χ3v) is 4.77. The summed E-state index contributed by atoms with van der Waals surface area (Å²) in [5, 5.41) is 0. The number of nitrogens with zero attached hydrogens (tertiary/aromatic N) is 3. The molecule has 1 saturated heterocycles. The zero-order chi connectivity index (χ0) is 17.5. The maximum atomic E-state index is 13.1. The molecule has 0 saturated carbocycles. The van der Waals surface area contributed by atoms with E-state index in [4.69, 9.17) is 0 Å². The average Bonchev–Trinajstić information content (AvgIpc) is 2.83. The molecule has 5 heteroatoms. The number of carbonyl (C=O) groups excluding carboxylic acids is 2. The number of hydrogen-bond donors (Lipinski definition) is 0. The first-order chi connectivity index (χ1) is 11.6. The van der Waals surface area contributed by atoms with E-state index in [2.05, 4.69) is 4.90 Å². The molecule has 0 aliphatic carbocycles. The van der Waals surface area contributed by atoms with Crippen LogP contribution in [0.15, 0.2) is 30.3 Å². The Hall–Kier alpha value is -1.88. The van der Waals surface area contributed by atoms with Crippen molar-refractivity contribution in [3.8, 4) is 0 Å². The summed E-state index contributed by atoms with van der Waals surface area (Å²) in [5.74, 6) is 0.269. The van der Waals surface area contributed by atoms with Crippen molar-refractivity contribution in [3.63, 3.8) is 0 Å². The summed E-state index contributed by atoms with van der Waals surface area (Å²) < 4.78 is 0. The van der Waals surface area contributed by atoms with Crippen molar-refractivity contribution in [2.45, 2.75) is 33.2 Å². The molecule has 1 aliphatic heterocycles. The molecule has 1 aromatic carbocycles. The van der Waals surface area contributed by atoms with E-state index < -0.39 is 0 Å². The minimum absolute atomic E-state index is 0.114. The third-order valence-electron chi connectivity index (χ3n) is 4.77. The average molecular weight is 331 g/mol. The molecule has 1 atom stereocenters. The Bertz CT molecular complexity index is 543. The van der Waals surface area contributed by atoms with Crippen LogP contribution in [0.25, 0.3) is 0 Å². The molecular formula is C19H29N3O2. The van der Waals surface area contributed by atoms with Crippen LogP contribution in [-0.4, -0.2) is 65.8 Å². The van der Waals surface area contributed by atoms with E-state index in [-0.39, 0.29) is 17.9 Å². The lowest BCUT2D eigenvalue weighted by Crippen LogP contribution is -2.44. The van der Waals surface area contributed by atoms with Gasteiger partial charge in [-0.15, -0.1) is 0 Å². The van der Waals surface area contributed by atoms with Crippen LogP contribution >= 0.6 is 0 Å². The fraction of sp³-hybridized carbons (Fsp3) is 0.579. The summed E-state index contributed by atoms with van der Waals surface area (Å²) in [5.41, 5.74) is 1.03. The molecule has 0 spiro atoms. The molecule has 1 fully saturated rings. The van der Waals surface area contributed by atoms with E-state index in [1.807, 2.05) is 54.0 Å². The van der Waals surface area contributed by atoms with Crippen LogP contribution in [0.4, 0.5) is 0 Å². The molecule has 132 valence electrons. The van der Waals surface area contributed by atoms with Gasteiger partial charge in [0.2, 0.25) is 11.8 Å². The molecule has 2 rings (SSSR count). The maximum absolute atomic E-state index is 13.1. The van der Waals surface area contributed by atoms with E-state index in [0.29, 0.717) is 19.6 Å². The molecule has 24 heavy (non-hydrogen) atoms. The monoisotopic (exact) mass is 331 g/mol. The second-order valence-corrected chi connectivity index (χ2v) is 6.22. The predicted octanol–water partition coefficient (Wildman–Crippen LogP) is 2.15. The summed E-state index contributed by atoms with van der Waals surface area (Å²) in [4.78, 5) is 30.8. The first-order valence-electron chi connectivity index (χ1n) is 8.91. The van der Waals surface area contributed by atoms with Crippen LogP contribution in [0.1, 0.15) is 38.8 Å². The van der Waals surface area contributed by atoms with Gasteiger partial charge < -0.3 is 9.80 Å². The van der Waals surface area contributed by atoms with Crippen molar-refractivity contribution in [2.24, 2.45) is 0 Å². The van der Waals surface area contributed by atoms with Gasteiger partial charge in [0.1, 0.15) is 6.04 Å². The Morgan fingerprint density at radius 2 is 1.71 bits per heavy atom. The number of amides is 2. The number of carbonyl (C=O) groups is 2. The van der Waals surface area contributed by atoms with Crippen LogP contribution in [0.5, 0.6) is 0 Å². The summed E-state index contributed by atoms with van der Waals surface area (Å²) >= 11 is 0. The van der Waals surface area contributed by atoms with Gasteiger partial charge in [0.05, 0.1) is 0 Å². The van der Waals surface area contributed by atoms with Gasteiger partial charge in [0.15, 0.2) is 0 Å². The smallest absolute Gasteiger partial charge is 0.244 e. The molecule has 2 amide bonds. The van der Waals surface area contributed by atoms with Crippen LogP contribution in [0.2, 0.25) is 0 Å². The van der Waals surface area contributed by atoms with Gasteiger partial charge in [-0.25, -0.2) is 0 Å². The van der Waals surface area contributed by atoms with Crippen molar-refractivity contribution in [2.75, 3.05) is 39.3 Å². The fourth-order valence-corrected chi connectivity index (χ4v) is 3.36. The van der Waals surface area contributed by atoms with E-state index in [0.717, 1.165) is 31.6 Å². The van der Waals surface area contributed by atoms with E-state index in [1.165, 1.54) is 0 Å². The van der Waals surface area contributed by atoms with Crippen molar-refractivity contribution < 1.29 is 9.59 Å². The zero-order valence-electron chi connectivity index (χ0n) is 15.1. The highest BCUT2D eigenvalue weighted by atomic mass is 16.2. The lowest BCUT2D eigenvalue weighted by atomic mass is 10.0. The molecular weight excluding hydrogens is 302 g/mol. The first-order valence-corrected chi connectivity index (χ1v) is 8.91. The number of benzene rings is 1. The minimum atomic E-state index is -0.266. The molecule has 0 N–H and O–H groups in total. The van der Waals surface area contributed by atoms with E-state index >= 15 is 0 Å². The van der Waals surface area contributed by atoms with Gasteiger partial charge in [-0.2, -0.15) is 0 Å². The largest absolute Gasteiger partial charge is 0.342 e. The third kappa shape index (κ3) is 4.35. The van der Waals surface area contributed by atoms with Crippen LogP contribution < -0.4 is 0 Å². The van der Waals surface area contributed by atoms with Crippen molar-refractivity contribution in [1.82, 2.24) is 14.7 Å². The number of likely N-dealkylation sites (N-methyl/N-ethyl adjacent to an activating group) is 1. The van der Waals surface area contributed by atoms with E-state index in [9.17, 15) is 9.59 Å². The zero-order valence-corrected chi connectivity index (χ0v) is 15.1. The number of hydrogen-bond acceptors (Lipinski definition) is 3. The highest BCUT2D eigenvalue weighted by molar-refractivity contribution is 5.83. The Morgan fingerprint density at radius 3 is 2.29 bits per heavy atom. The first kappa shape index (κ1) is 18.5. The summed E-state index contributed by atoms with van der Waals surface area (Å²) in [7, 11) is 0. The highest BCUT2D eigenvalue weighted by Gasteiger charge is 2.31. The lowest BCUT2D eigenvalue weighted by Gasteiger charge is -2.33. The Balaban J connectivity index is 2.25. The van der Waals surface area contributed by atoms with Gasteiger partial charge in [-0.05, 0) is 25.8 Å². The molecule has 0 radical (unpaired) electrons. The van der Waals surface area contributed by atoms with Gasteiger partial charge >= 0.3 is 0 Å². The van der Waals surface area contributed by atoms with Crippen molar-refractivity contribution >= 4 is 11.8 Å². The van der Waals surface area contributed by atoms with Crippen molar-refractivity contribution in [1.29, 1.82) is 0 Å².